The Balaban J connectivity index is 2.84. The van der Waals surface area contributed by atoms with Gasteiger partial charge in [-0.05, 0) is 23.6 Å². The van der Waals surface area contributed by atoms with Crippen LogP contribution >= 0.6 is 0 Å². The normalized spacial score (nSPS) is 10.4. The second-order valence-electron chi connectivity index (χ2n) is 3.44. The number of benzene rings is 1. The predicted octanol–water partition coefficient (Wildman–Crippen LogP) is 0.800. The van der Waals surface area contributed by atoms with Crippen molar-refractivity contribution < 1.29 is 9.57 Å². The molecule has 0 aliphatic rings. The number of aromatic nitrogens is 1. The molecule has 0 saturated carbocycles. The lowest BCUT2D eigenvalue weighted by atomic mass is 10.1. The van der Waals surface area contributed by atoms with E-state index in [4.69, 9.17) is 10.6 Å². The third-order valence-corrected chi connectivity index (χ3v) is 2.49. The highest BCUT2D eigenvalue weighted by Crippen LogP contribution is 2.29. The van der Waals surface area contributed by atoms with E-state index in [9.17, 15) is 4.79 Å². The van der Waals surface area contributed by atoms with Crippen molar-refractivity contribution in [2.24, 2.45) is 12.9 Å². The van der Waals surface area contributed by atoms with Crippen LogP contribution in [0.4, 0.5) is 0 Å². The molecular formula is C11H12N2O3. The summed E-state index contributed by atoms with van der Waals surface area (Å²) >= 11 is 0. The third kappa shape index (κ3) is 1.51. The van der Waals surface area contributed by atoms with Gasteiger partial charge in [-0.15, -0.1) is 0 Å². The number of nitrogens with zero attached hydrogens (tertiary/aromatic N) is 1. The van der Waals surface area contributed by atoms with Gasteiger partial charge in [0.1, 0.15) is 0 Å². The molecule has 2 N–H and O–H groups in total. The second-order valence-corrected chi connectivity index (χ2v) is 3.44. The lowest BCUT2D eigenvalue weighted by Crippen LogP contribution is -2.16. The van der Waals surface area contributed by atoms with Gasteiger partial charge in [0, 0.05) is 13.2 Å². The molecule has 1 aromatic carbocycles. The smallest absolute Gasteiger partial charge is 0.258 e. The maximum atomic E-state index is 11.8. The zero-order chi connectivity index (χ0) is 11.7. The van der Waals surface area contributed by atoms with Gasteiger partial charge < -0.3 is 14.1 Å². The summed E-state index contributed by atoms with van der Waals surface area (Å²) in [7, 11) is 3.21. The maximum Gasteiger partial charge on any atom is 0.258 e. The summed E-state index contributed by atoms with van der Waals surface area (Å²) in [5.74, 6) is 5.97. The minimum absolute atomic E-state index is 0.0987. The molecule has 0 aliphatic heterocycles. The Morgan fingerprint density at radius 2 is 2.06 bits per heavy atom. The first-order chi connectivity index (χ1) is 7.67. The summed E-state index contributed by atoms with van der Waals surface area (Å²) in [5, 5.41) is 1.34. The number of hydrogen-bond acceptors (Lipinski definition) is 4. The number of fused-ring (bicyclic) bond motifs is 1. The van der Waals surface area contributed by atoms with Crippen molar-refractivity contribution in [2.75, 3.05) is 7.11 Å². The highest BCUT2D eigenvalue weighted by molar-refractivity contribution is 5.85. The van der Waals surface area contributed by atoms with Crippen LogP contribution in [0.2, 0.25) is 0 Å². The number of nitrogens with two attached hydrogens (primary N) is 1. The molecule has 5 nitrogen and oxygen atoms in total. The predicted molar refractivity (Wildman–Crippen MR) is 60.6 cm³/mol. The van der Waals surface area contributed by atoms with E-state index >= 15 is 0 Å². The number of rotatable bonds is 2. The highest BCUT2D eigenvalue weighted by Gasteiger charge is 2.09. The molecule has 2 aromatic rings. The third-order valence-electron chi connectivity index (χ3n) is 2.49. The van der Waals surface area contributed by atoms with E-state index in [1.807, 2.05) is 6.07 Å². The summed E-state index contributed by atoms with van der Waals surface area (Å²) < 4.78 is 6.60. The zero-order valence-electron chi connectivity index (χ0n) is 9.06. The summed E-state index contributed by atoms with van der Waals surface area (Å²) in [6.45, 7) is 0. The van der Waals surface area contributed by atoms with E-state index in [1.54, 1.807) is 25.4 Å². The molecule has 16 heavy (non-hydrogen) atoms. The minimum atomic E-state index is -0.0987. The molecule has 1 heterocycles. The molecule has 0 amide bonds. The Bertz CT molecular complexity index is 590. The molecule has 0 fully saturated rings. The fourth-order valence-electron chi connectivity index (χ4n) is 1.60. The molecule has 0 saturated heterocycles. The van der Waals surface area contributed by atoms with Crippen LogP contribution in [0.15, 0.2) is 29.2 Å². The molecule has 0 radical (unpaired) electrons. The molecule has 0 atom stereocenters. The number of aryl methyl sites for hydroxylation is 1. The van der Waals surface area contributed by atoms with Crippen molar-refractivity contribution in [2.45, 2.75) is 0 Å². The monoisotopic (exact) mass is 220 g/mol. The molecule has 84 valence electrons. The van der Waals surface area contributed by atoms with Crippen molar-refractivity contribution in [3.8, 4) is 11.5 Å². The fourth-order valence-corrected chi connectivity index (χ4v) is 1.60. The first kappa shape index (κ1) is 10.5. The van der Waals surface area contributed by atoms with Crippen LogP contribution in [0, 0.1) is 0 Å². The molecule has 0 unspecified atom stereocenters. The molecule has 0 aliphatic carbocycles. The van der Waals surface area contributed by atoms with Gasteiger partial charge in [0.05, 0.1) is 12.5 Å². The molecule has 5 heteroatoms. The standard InChI is InChI=1S/C11H12N2O3/c1-13-4-3-7-5-9(15-2)10(16-12)6-8(7)11(13)14/h3-6H,12H2,1-2H3. The van der Waals surface area contributed by atoms with Crippen LogP contribution in [0.5, 0.6) is 11.5 Å². The first-order valence-corrected chi connectivity index (χ1v) is 4.71. The largest absolute Gasteiger partial charge is 0.493 e. The first-order valence-electron chi connectivity index (χ1n) is 4.71. The van der Waals surface area contributed by atoms with Crippen molar-refractivity contribution in [1.29, 1.82) is 0 Å². The summed E-state index contributed by atoms with van der Waals surface area (Å²) in [5.41, 5.74) is -0.0987. The molecular weight excluding hydrogens is 208 g/mol. The van der Waals surface area contributed by atoms with Crippen molar-refractivity contribution in [1.82, 2.24) is 4.57 Å². The van der Waals surface area contributed by atoms with Gasteiger partial charge in [0.25, 0.3) is 5.56 Å². The van der Waals surface area contributed by atoms with E-state index in [2.05, 4.69) is 4.84 Å². The van der Waals surface area contributed by atoms with E-state index in [-0.39, 0.29) is 5.56 Å². The molecule has 1 aromatic heterocycles. The van der Waals surface area contributed by atoms with Crippen molar-refractivity contribution >= 4 is 10.8 Å². The lowest BCUT2D eigenvalue weighted by Gasteiger charge is -2.08. The number of pyridine rings is 1. The van der Waals surface area contributed by atoms with Gasteiger partial charge in [0.15, 0.2) is 11.5 Å². The van der Waals surface area contributed by atoms with Crippen LogP contribution in [0.25, 0.3) is 10.8 Å². The second kappa shape index (κ2) is 3.86. The molecule has 2 rings (SSSR count). The minimum Gasteiger partial charge on any atom is -0.493 e. The van der Waals surface area contributed by atoms with Crippen LogP contribution in [0.1, 0.15) is 0 Å². The van der Waals surface area contributed by atoms with E-state index in [1.165, 1.54) is 11.7 Å². The Morgan fingerprint density at radius 3 is 2.69 bits per heavy atom. The van der Waals surface area contributed by atoms with Crippen molar-refractivity contribution in [3.05, 3.63) is 34.7 Å². The van der Waals surface area contributed by atoms with E-state index in [0.29, 0.717) is 16.9 Å². The van der Waals surface area contributed by atoms with Crippen molar-refractivity contribution in [3.63, 3.8) is 0 Å². The Labute approximate surface area is 92.0 Å². The fraction of sp³-hybridized carbons (Fsp3) is 0.182. The Hall–Kier alpha value is -2.01. The van der Waals surface area contributed by atoms with E-state index < -0.39 is 0 Å². The Morgan fingerprint density at radius 1 is 1.31 bits per heavy atom. The lowest BCUT2D eigenvalue weighted by molar-refractivity contribution is 0.306. The van der Waals surface area contributed by atoms with Gasteiger partial charge in [-0.3, -0.25) is 4.79 Å². The topological polar surface area (TPSA) is 66.5 Å². The summed E-state index contributed by atoms with van der Waals surface area (Å²) in [6, 6.07) is 5.13. The quantitative estimate of drug-likeness (QED) is 0.760. The average Bonchev–Trinajstić information content (AvgIpc) is 2.32. The Kier molecular flexibility index (Phi) is 2.54. The van der Waals surface area contributed by atoms with Gasteiger partial charge in [-0.25, -0.2) is 0 Å². The van der Waals surface area contributed by atoms with Crippen LogP contribution in [-0.2, 0) is 7.05 Å². The highest BCUT2D eigenvalue weighted by atomic mass is 16.6. The van der Waals surface area contributed by atoms with Crippen LogP contribution in [0.3, 0.4) is 0 Å². The zero-order valence-corrected chi connectivity index (χ0v) is 9.06. The van der Waals surface area contributed by atoms with Gasteiger partial charge in [-0.2, -0.15) is 5.90 Å². The van der Waals surface area contributed by atoms with Gasteiger partial charge in [-0.1, -0.05) is 0 Å². The number of methoxy groups -OCH3 is 1. The van der Waals surface area contributed by atoms with Crippen LogP contribution < -0.4 is 21.0 Å². The van der Waals surface area contributed by atoms with Crippen LogP contribution in [-0.4, -0.2) is 11.7 Å². The summed E-state index contributed by atoms with van der Waals surface area (Å²) in [6.07, 6.45) is 1.70. The molecule has 0 spiro atoms. The van der Waals surface area contributed by atoms with E-state index in [0.717, 1.165) is 5.39 Å². The maximum absolute atomic E-state index is 11.8. The van der Waals surface area contributed by atoms with Gasteiger partial charge >= 0.3 is 0 Å². The summed E-state index contributed by atoms with van der Waals surface area (Å²) in [4.78, 5) is 16.5. The van der Waals surface area contributed by atoms with Gasteiger partial charge in [0.2, 0.25) is 0 Å². The number of ether oxygens (including phenoxy) is 1. The average molecular weight is 220 g/mol. The molecule has 0 bridgehead atoms. The SMILES string of the molecule is COc1cc2ccn(C)c(=O)c2cc1ON. The number of hydrogen-bond donors (Lipinski definition) is 1.